The van der Waals surface area contributed by atoms with E-state index in [-0.39, 0.29) is 23.8 Å². The number of aryl methyl sites for hydroxylation is 1. The van der Waals surface area contributed by atoms with Crippen molar-refractivity contribution in [2.45, 2.75) is 44.7 Å². The van der Waals surface area contributed by atoms with Crippen molar-refractivity contribution in [2.24, 2.45) is 0 Å². The minimum atomic E-state index is -0.322. The number of anilines is 1. The van der Waals surface area contributed by atoms with E-state index in [4.69, 9.17) is 4.98 Å². The monoisotopic (exact) mass is 380 g/mol. The fourth-order valence-electron chi connectivity index (χ4n) is 4.25. The maximum atomic E-state index is 14.1. The van der Waals surface area contributed by atoms with Gasteiger partial charge in [-0.2, -0.15) is 5.10 Å². The molecule has 5 rings (SSSR count). The van der Waals surface area contributed by atoms with Crippen LogP contribution in [0.2, 0.25) is 0 Å². The van der Waals surface area contributed by atoms with Crippen LogP contribution in [-0.2, 0) is 6.42 Å². The molecule has 5 heterocycles. The van der Waals surface area contributed by atoms with Crippen molar-refractivity contribution in [3.63, 3.8) is 0 Å². The van der Waals surface area contributed by atoms with Crippen LogP contribution in [0.3, 0.4) is 0 Å². The zero-order valence-electron chi connectivity index (χ0n) is 15.6. The summed E-state index contributed by atoms with van der Waals surface area (Å²) in [6.07, 6.45) is 7.97. The lowest BCUT2D eigenvalue weighted by molar-refractivity contribution is 0.0940. The number of rotatable bonds is 0. The number of hydrogen-bond donors (Lipinski definition) is 1. The Hall–Kier alpha value is -3.03. The number of carbonyl (C=O) groups is 1. The van der Waals surface area contributed by atoms with Gasteiger partial charge >= 0.3 is 0 Å². The second kappa shape index (κ2) is 6.54. The van der Waals surface area contributed by atoms with Gasteiger partial charge in [0.15, 0.2) is 5.65 Å². The van der Waals surface area contributed by atoms with Gasteiger partial charge in [0, 0.05) is 24.5 Å². The fraction of sp³-hybridized carbons (Fsp3) is 0.400. The lowest BCUT2D eigenvalue weighted by atomic mass is 9.98. The van der Waals surface area contributed by atoms with Crippen LogP contribution in [0.4, 0.5) is 10.2 Å². The summed E-state index contributed by atoms with van der Waals surface area (Å²) in [6.45, 7) is 2.79. The van der Waals surface area contributed by atoms with Crippen LogP contribution in [0.1, 0.15) is 53.8 Å². The van der Waals surface area contributed by atoms with E-state index in [1.54, 1.807) is 16.8 Å². The topological polar surface area (TPSA) is 75.4 Å². The molecule has 2 atom stereocenters. The maximum Gasteiger partial charge on any atom is 0.256 e. The number of pyridine rings is 1. The van der Waals surface area contributed by atoms with E-state index in [9.17, 15) is 9.18 Å². The lowest BCUT2D eigenvalue weighted by Gasteiger charge is -2.27. The molecule has 1 amide bonds. The molecule has 1 fully saturated rings. The first-order valence-electron chi connectivity index (χ1n) is 9.66. The summed E-state index contributed by atoms with van der Waals surface area (Å²) in [7, 11) is 0. The molecule has 2 aliphatic heterocycles. The first kappa shape index (κ1) is 17.1. The largest absolute Gasteiger partial charge is 0.349 e. The Morgan fingerprint density at radius 3 is 3.07 bits per heavy atom. The molecule has 3 aromatic heterocycles. The molecule has 0 aliphatic carbocycles. The third-order valence-corrected chi connectivity index (χ3v) is 5.67. The molecule has 7 nitrogen and oxygen atoms in total. The molecule has 8 heteroatoms. The first-order valence-corrected chi connectivity index (χ1v) is 9.66. The molecule has 1 N–H and O–H groups in total. The van der Waals surface area contributed by atoms with Gasteiger partial charge < -0.3 is 10.2 Å². The highest BCUT2D eigenvalue weighted by Crippen LogP contribution is 2.37. The number of nitrogens with one attached hydrogen (secondary N) is 1. The van der Waals surface area contributed by atoms with Gasteiger partial charge in [0.25, 0.3) is 5.91 Å². The summed E-state index contributed by atoms with van der Waals surface area (Å²) < 4.78 is 15.7. The third kappa shape index (κ3) is 2.80. The highest BCUT2D eigenvalue weighted by atomic mass is 19.1. The van der Waals surface area contributed by atoms with E-state index in [2.05, 4.69) is 20.3 Å². The first-order chi connectivity index (χ1) is 13.6. The van der Waals surface area contributed by atoms with Gasteiger partial charge in [-0.1, -0.05) is 0 Å². The van der Waals surface area contributed by atoms with Crippen LogP contribution in [0.25, 0.3) is 5.65 Å². The third-order valence-electron chi connectivity index (χ3n) is 5.67. The Labute approximate surface area is 161 Å². The molecule has 1 saturated heterocycles. The van der Waals surface area contributed by atoms with Crippen molar-refractivity contribution in [1.82, 2.24) is 24.9 Å². The summed E-state index contributed by atoms with van der Waals surface area (Å²) in [6, 6.07) is 3.48. The molecule has 0 spiro atoms. The number of halogens is 1. The van der Waals surface area contributed by atoms with E-state index >= 15 is 0 Å². The fourth-order valence-corrected chi connectivity index (χ4v) is 4.25. The quantitative estimate of drug-likeness (QED) is 0.649. The molecular formula is C20H21FN6O. The summed E-state index contributed by atoms with van der Waals surface area (Å²) >= 11 is 0. The number of hydrogen-bond acceptors (Lipinski definition) is 5. The predicted molar refractivity (Wildman–Crippen MR) is 102 cm³/mol. The molecular weight excluding hydrogens is 359 g/mol. The van der Waals surface area contributed by atoms with Crippen LogP contribution < -0.4 is 10.2 Å². The standard InChI is InChI=1S/C20H21FN6O/c1-12-4-5-16-14(9-13(21)10-22-16)17-3-2-7-26(17)18-6-8-27-19(25-18)15(11-23-27)20(28)24-12/h6,8-12,17H,2-5,7H2,1H3,(H,24,28)/t12-,17+/m0/s1. The smallest absolute Gasteiger partial charge is 0.256 e. The molecule has 0 saturated carbocycles. The van der Waals surface area contributed by atoms with Crippen molar-refractivity contribution in [2.75, 3.05) is 11.4 Å². The predicted octanol–water partition coefficient (Wildman–Crippen LogP) is 2.67. The number of carbonyl (C=O) groups excluding carboxylic acids is 1. The van der Waals surface area contributed by atoms with Gasteiger partial charge in [-0.15, -0.1) is 0 Å². The molecule has 0 aromatic carbocycles. The summed E-state index contributed by atoms with van der Waals surface area (Å²) in [5.74, 6) is 0.265. The van der Waals surface area contributed by atoms with Crippen LogP contribution in [0, 0.1) is 5.82 Å². The van der Waals surface area contributed by atoms with E-state index in [0.717, 1.165) is 42.9 Å². The van der Waals surface area contributed by atoms with Crippen LogP contribution >= 0.6 is 0 Å². The van der Waals surface area contributed by atoms with Crippen molar-refractivity contribution in [3.05, 3.63) is 53.4 Å². The average molecular weight is 380 g/mol. The summed E-state index contributed by atoms with van der Waals surface area (Å²) in [5, 5.41) is 7.27. The zero-order chi connectivity index (χ0) is 19.3. The average Bonchev–Trinajstić information content (AvgIpc) is 3.32. The molecule has 2 bridgehead atoms. The van der Waals surface area contributed by atoms with Crippen molar-refractivity contribution >= 4 is 17.4 Å². The SMILES string of the molecule is C[C@H]1CCc2ncc(F)cc2[C@H]2CCCN2c2ccn3ncc(c3n2)C(=O)N1. The summed E-state index contributed by atoms with van der Waals surface area (Å²) in [4.78, 5) is 24.1. The van der Waals surface area contributed by atoms with Gasteiger partial charge in [0.2, 0.25) is 0 Å². The number of aromatic nitrogens is 4. The Balaban J connectivity index is 1.69. The molecule has 144 valence electrons. The lowest BCUT2D eigenvalue weighted by Crippen LogP contribution is -2.33. The Bertz CT molecular complexity index is 1060. The van der Waals surface area contributed by atoms with E-state index < -0.39 is 0 Å². The number of fused-ring (bicyclic) bond motifs is 5. The molecule has 28 heavy (non-hydrogen) atoms. The van der Waals surface area contributed by atoms with Crippen molar-refractivity contribution in [3.8, 4) is 0 Å². The Kier molecular flexibility index (Phi) is 3.99. The van der Waals surface area contributed by atoms with Gasteiger partial charge in [-0.3, -0.25) is 9.78 Å². The zero-order valence-corrected chi connectivity index (χ0v) is 15.6. The number of nitrogens with zero attached hydrogens (tertiary/aromatic N) is 5. The van der Waals surface area contributed by atoms with Crippen LogP contribution in [-0.4, -0.2) is 38.1 Å². The second-order valence-electron chi connectivity index (χ2n) is 7.57. The molecule has 0 unspecified atom stereocenters. The van der Waals surface area contributed by atoms with Gasteiger partial charge in [-0.25, -0.2) is 13.9 Å². The van der Waals surface area contributed by atoms with Crippen molar-refractivity contribution < 1.29 is 9.18 Å². The van der Waals surface area contributed by atoms with Crippen LogP contribution in [0.15, 0.2) is 30.7 Å². The van der Waals surface area contributed by atoms with Gasteiger partial charge in [0.1, 0.15) is 17.2 Å². The highest BCUT2D eigenvalue weighted by molar-refractivity contribution is 5.99. The minimum Gasteiger partial charge on any atom is -0.349 e. The Morgan fingerprint density at radius 1 is 1.29 bits per heavy atom. The molecule has 2 aliphatic rings. The number of amides is 1. The van der Waals surface area contributed by atoms with Crippen molar-refractivity contribution in [1.29, 1.82) is 0 Å². The van der Waals surface area contributed by atoms with E-state index in [1.807, 2.05) is 19.2 Å². The van der Waals surface area contributed by atoms with Gasteiger partial charge in [0.05, 0.1) is 18.4 Å². The van der Waals surface area contributed by atoms with Crippen LogP contribution in [0.5, 0.6) is 0 Å². The molecule has 3 aromatic rings. The second-order valence-corrected chi connectivity index (χ2v) is 7.57. The summed E-state index contributed by atoms with van der Waals surface area (Å²) in [5.41, 5.74) is 2.81. The molecule has 0 radical (unpaired) electrons. The minimum absolute atomic E-state index is 0.0271. The van der Waals surface area contributed by atoms with E-state index in [1.165, 1.54) is 6.20 Å². The maximum absolute atomic E-state index is 14.1. The highest BCUT2D eigenvalue weighted by Gasteiger charge is 2.31. The Morgan fingerprint density at radius 2 is 2.18 bits per heavy atom. The van der Waals surface area contributed by atoms with Gasteiger partial charge in [-0.05, 0) is 50.3 Å². The van der Waals surface area contributed by atoms with E-state index in [0.29, 0.717) is 17.6 Å². The normalized spacial score (nSPS) is 22.2.